The minimum Gasteiger partial charge on any atom is -0.462 e. The summed E-state index contributed by atoms with van der Waals surface area (Å²) in [4.78, 5) is 39.6. The number of rotatable bonds is 7. The van der Waals surface area contributed by atoms with E-state index in [1.807, 2.05) is 47.8 Å². The Bertz CT molecular complexity index is 1460. The highest BCUT2D eigenvalue weighted by molar-refractivity contribution is 7.10. The van der Waals surface area contributed by atoms with Crippen molar-refractivity contribution in [3.05, 3.63) is 120 Å². The van der Waals surface area contributed by atoms with Crippen LogP contribution in [0.5, 0.6) is 0 Å². The Labute approximate surface area is 225 Å². The molecule has 38 heavy (non-hydrogen) atoms. The molecule has 0 saturated heterocycles. The highest BCUT2D eigenvalue weighted by Crippen LogP contribution is 2.46. The fourth-order valence-electron chi connectivity index (χ4n) is 5.35. The van der Waals surface area contributed by atoms with Gasteiger partial charge in [0.05, 0.1) is 17.1 Å². The third-order valence-corrected chi connectivity index (χ3v) is 8.26. The molecule has 0 fully saturated rings. The van der Waals surface area contributed by atoms with Crippen molar-refractivity contribution in [1.82, 2.24) is 5.32 Å². The zero-order valence-electron chi connectivity index (χ0n) is 21.2. The van der Waals surface area contributed by atoms with Crippen LogP contribution in [0, 0.1) is 17.0 Å². The predicted molar refractivity (Wildman–Crippen MR) is 146 cm³/mol. The van der Waals surface area contributed by atoms with Crippen LogP contribution in [-0.4, -0.2) is 23.3 Å². The van der Waals surface area contributed by atoms with E-state index >= 15 is 0 Å². The average Bonchev–Trinajstić information content (AvgIpc) is 3.44. The van der Waals surface area contributed by atoms with Crippen molar-refractivity contribution in [2.45, 2.75) is 44.9 Å². The maximum Gasteiger partial charge on any atom is 0.336 e. The van der Waals surface area contributed by atoms with Crippen LogP contribution < -0.4 is 5.32 Å². The minimum absolute atomic E-state index is 0.0441. The first kappa shape index (κ1) is 25.6. The molecule has 194 valence electrons. The number of carbonyl (C=O) groups excluding carboxylic acids is 2. The fourth-order valence-corrected chi connectivity index (χ4v) is 6.18. The summed E-state index contributed by atoms with van der Waals surface area (Å²) in [5.74, 6) is -1.29. The molecule has 0 unspecified atom stereocenters. The van der Waals surface area contributed by atoms with Crippen LogP contribution in [0.4, 0.5) is 5.69 Å². The molecule has 2 heterocycles. The number of hydrogen-bond acceptors (Lipinski definition) is 7. The van der Waals surface area contributed by atoms with E-state index in [2.05, 4.69) is 5.32 Å². The lowest BCUT2D eigenvalue weighted by Gasteiger charge is -2.36. The first-order valence-corrected chi connectivity index (χ1v) is 13.4. The smallest absolute Gasteiger partial charge is 0.336 e. The molecule has 2 aliphatic rings. The number of allylic oxidation sites excluding steroid dienone is 3. The molecule has 2 atom stereocenters. The highest BCUT2D eigenvalue weighted by Gasteiger charge is 2.42. The first-order valence-electron chi connectivity index (χ1n) is 12.6. The Morgan fingerprint density at radius 3 is 2.61 bits per heavy atom. The second-order valence-electron chi connectivity index (χ2n) is 9.71. The Hall–Kier alpha value is -4.04. The van der Waals surface area contributed by atoms with E-state index in [1.165, 1.54) is 6.07 Å². The third-order valence-electron chi connectivity index (χ3n) is 7.22. The Balaban J connectivity index is 1.52. The van der Waals surface area contributed by atoms with Crippen molar-refractivity contribution >= 4 is 28.8 Å². The molecule has 1 aromatic heterocycles. The number of ether oxygens (including phenoxy) is 1. The minimum atomic E-state index is -0.744. The van der Waals surface area contributed by atoms with E-state index in [0.29, 0.717) is 47.2 Å². The average molecular weight is 529 g/mol. The maximum atomic E-state index is 13.7. The van der Waals surface area contributed by atoms with Gasteiger partial charge in [-0.05, 0) is 42.8 Å². The molecule has 1 aliphatic heterocycles. The summed E-state index contributed by atoms with van der Waals surface area (Å²) in [5.41, 5.74) is 4.24. The van der Waals surface area contributed by atoms with Gasteiger partial charge in [-0.1, -0.05) is 48.5 Å². The number of aryl methyl sites for hydroxylation is 1. The first-order chi connectivity index (χ1) is 18.3. The molecule has 0 spiro atoms. The van der Waals surface area contributed by atoms with Gasteiger partial charge in [0.15, 0.2) is 5.78 Å². The number of nitrogens with zero attached hydrogens (tertiary/aromatic N) is 1. The lowest BCUT2D eigenvalue weighted by molar-refractivity contribution is -0.385. The Kier molecular flexibility index (Phi) is 7.24. The number of nitro benzene ring substituents is 1. The standard InChI is InChI=1S/C30H28N2O5S/c1-18-10-11-21(16-24(18)32(35)36)28-27(30(34)37-13-12-20-7-4-3-5-8-20)19(2)31-23-15-22(17-25(33)29(23)28)26-9-6-14-38-26/h3-11,14,16,22,28,31H,12-13,15,17H2,1-2H3/t22-,28+/m0/s1. The summed E-state index contributed by atoms with van der Waals surface area (Å²) >= 11 is 1.62. The van der Waals surface area contributed by atoms with Gasteiger partial charge in [-0.3, -0.25) is 14.9 Å². The van der Waals surface area contributed by atoms with Crippen LogP contribution in [0.2, 0.25) is 0 Å². The van der Waals surface area contributed by atoms with Crippen LogP contribution in [0.1, 0.15) is 53.2 Å². The fraction of sp³-hybridized carbons (Fsp3) is 0.267. The van der Waals surface area contributed by atoms with Crippen LogP contribution in [0.25, 0.3) is 0 Å². The normalized spacial score (nSPS) is 19.2. The monoisotopic (exact) mass is 528 g/mol. The molecule has 1 aliphatic carbocycles. The molecule has 0 radical (unpaired) electrons. The van der Waals surface area contributed by atoms with Crippen molar-refractivity contribution in [2.75, 3.05) is 6.61 Å². The van der Waals surface area contributed by atoms with Crippen molar-refractivity contribution in [3.8, 4) is 0 Å². The SMILES string of the molecule is CC1=C(C(=O)OCCc2ccccc2)[C@@H](c2ccc(C)c([N+](=O)[O-])c2)C2=C(C[C@H](c3cccs3)CC2=O)N1. The summed E-state index contributed by atoms with van der Waals surface area (Å²) in [5, 5.41) is 17.1. The summed E-state index contributed by atoms with van der Waals surface area (Å²) in [6.07, 6.45) is 1.50. The molecule has 3 aromatic rings. The van der Waals surface area contributed by atoms with Crippen LogP contribution in [-0.2, 0) is 20.7 Å². The van der Waals surface area contributed by atoms with Gasteiger partial charge in [0.25, 0.3) is 5.69 Å². The second kappa shape index (κ2) is 10.8. The van der Waals surface area contributed by atoms with Gasteiger partial charge in [-0.2, -0.15) is 0 Å². The molecule has 0 bridgehead atoms. The summed E-state index contributed by atoms with van der Waals surface area (Å²) in [6, 6.07) is 18.7. The number of dihydropyridines is 1. The van der Waals surface area contributed by atoms with Gasteiger partial charge in [0, 0.05) is 58.2 Å². The van der Waals surface area contributed by atoms with Crippen molar-refractivity contribution in [1.29, 1.82) is 0 Å². The van der Waals surface area contributed by atoms with Crippen molar-refractivity contribution < 1.29 is 19.2 Å². The van der Waals surface area contributed by atoms with E-state index in [1.54, 1.807) is 37.3 Å². The Morgan fingerprint density at radius 1 is 1.11 bits per heavy atom. The summed E-state index contributed by atoms with van der Waals surface area (Å²) in [6.45, 7) is 3.65. The van der Waals surface area contributed by atoms with Gasteiger partial charge in [-0.25, -0.2) is 4.79 Å². The topological polar surface area (TPSA) is 98.5 Å². The van der Waals surface area contributed by atoms with Crippen molar-refractivity contribution in [3.63, 3.8) is 0 Å². The maximum absolute atomic E-state index is 13.7. The molecule has 8 heteroatoms. The Morgan fingerprint density at radius 2 is 1.89 bits per heavy atom. The second-order valence-corrected chi connectivity index (χ2v) is 10.7. The summed E-state index contributed by atoms with van der Waals surface area (Å²) in [7, 11) is 0. The molecule has 0 amide bonds. The lowest BCUT2D eigenvalue weighted by atomic mass is 9.72. The van der Waals surface area contributed by atoms with E-state index in [4.69, 9.17) is 4.74 Å². The van der Waals surface area contributed by atoms with Gasteiger partial charge in [0.1, 0.15) is 0 Å². The largest absolute Gasteiger partial charge is 0.462 e. The number of nitrogens with one attached hydrogen (secondary N) is 1. The van der Waals surface area contributed by atoms with Gasteiger partial charge in [0.2, 0.25) is 0 Å². The molecular weight excluding hydrogens is 500 g/mol. The zero-order valence-corrected chi connectivity index (χ0v) is 22.0. The van der Waals surface area contributed by atoms with E-state index in [-0.39, 0.29) is 24.0 Å². The van der Waals surface area contributed by atoms with Crippen LogP contribution in [0.15, 0.2) is 88.6 Å². The van der Waals surface area contributed by atoms with Gasteiger partial charge < -0.3 is 10.1 Å². The lowest BCUT2D eigenvalue weighted by Crippen LogP contribution is -2.36. The molecule has 7 nitrogen and oxygen atoms in total. The number of carbonyl (C=O) groups is 2. The highest BCUT2D eigenvalue weighted by atomic mass is 32.1. The quantitative estimate of drug-likeness (QED) is 0.226. The zero-order chi connectivity index (χ0) is 26.8. The van der Waals surface area contributed by atoms with Crippen LogP contribution >= 0.6 is 11.3 Å². The number of benzene rings is 2. The number of thiophene rings is 1. The third kappa shape index (κ3) is 5.04. The molecule has 5 rings (SSSR count). The molecule has 0 saturated carbocycles. The number of hydrogen-bond donors (Lipinski definition) is 1. The molecule has 2 aromatic carbocycles. The number of nitro groups is 1. The van der Waals surface area contributed by atoms with Gasteiger partial charge >= 0.3 is 5.97 Å². The number of esters is 1. The predicted octanol–water partition coefficient (Wildman–Crippen LogP) is 6.11. The van der Waals surface area contributed by atoms with E-state index in [0.717, 1.165) is 16.1 Å². The number of ketones is 1. The van der Waals surface area contributed by atoms with Gasteiger partial charge in [-0.15, -0.1) is 11.3 Å². The molecule has 1 N–H and O–H groups in total. The van der Waals surface area contributed by atoms with E-state index in [9.17, 15) is 19.7 Å². The van der Waals surface area contributed by atoms with Crippen LogP contribution in [0.3, 0.4) is 0 Å². The summed E-state index contributed by atoms with van der Waals surface area (Å²) < 4.78 is 5.70. The molecular formula is C30H28N2O5S. The van der Waals surface area contributed by atoms with Crippen molar-refractivity contribution in [2.24, 2.45) is 0 Å². The number of Topliss-reactive ketones (excluding diaryl/α,β-unsaturated/α-hetero) is 1. The van der Waals surface area contributed by atoms with E-state index < -0.39 is 16.8 Å².